The van der Waals surface area contributed by atoms with E-state index in [9.17, 15) is 5.11 Å². The van der Waals surface area contributed by atoms with Gasteiger partial charge >= 0.3 is 0 Å². The lowest BCUT2D eigenvalue weighted by molar-refractivity contribution is 0.333. The van der Waals surface area contributed by atoms with Crippen molar-refractivity contribution in [2.24, 2.45) is 0 Å². The van der Waals surface area contributed by atoms with Crippen LogP contribution in [-0.2, 0) is 6.42 Å². The Kier molecular flexibility index (Phi) is 3.67. The van der Waals surface area contributed by atoms with E-state index in [0.29, 0.717) is 11.5 Å². The Morgan fingerprint density at radius 3 is 2.55 bits per heavy atom. The molecule has 22 heavy (non-hydrogen) atoms. The van der Waals surface area contributed by atoms with Gasteiger partial charge in [0.05, 0.1) is 14.2 Å². The molecule has 0 fully saturated rings. The molecule has 0 bridgehead atoms. The van der Waals surface area contributed by atoms with Crippen molar-refractivity contribution in [3.8, 4) is 28.4 Å². The number of ether oxygens (including phenoxy) is 2. The van der Waals surface area contributed by atoms with E-state index in [4.69, 9.17) is 9.47 Å². The Balaban J connectivity index is 2.29. The highest BCUT2D eigenvalue weighted by molar-refractivity contribution is 5.98. The second kappa shape index (κ2) is 5.64. The number of fused-ring (bicyclic) bond motifs is 1. The average molecular weight is 297 g/mol. The van der Waals surface area contributed by atoms with Crippen LogP contribution in [0.15, 0.2) is 36.4 Å². The second-order valence-corrected chi connectivity index (χ2v) is 5.11. The van der Waals surface area contributed by atoms with E-state index in [1.165, 1.54) is 7.11 Å². The van der Waals surface area contributed by atoms with Gasteiger partial charge in [0.1, 0.15) is 0 Å². The summed E-state index contributed by atoms with van der Waals surface area (Å²) >= 11 is 0. The van der Waals surface area contributed by atoms with Crippen molar-refractivity contribution in [3.05, 3.63) is 42.1 Å². The smallest absolute Gasteiger partial charge is 0.203 e. The summed E-state index contributed by atoms with van der Waals surface area (Å²) in [5.74, 6) is 0.943. The van der Waals surface area contributed by atoms with Crippen molar-refractivity contribution < 1.29 is 14.6 Å². The van der Waals surface area contributed by atoms with Crippen molar-refractivity contribution >= 4 is 10.9 Å². The summed E-state index contributed by atoms with van der Waals surface area (Å²) in [4.78, 5) is 3.44. The average Bonchev–Trinajstić information content (AvgIpc) is 2.92. The zero-order valence-electron chi connectivity index (χ0n) is 12.9. The topological polar surface area (TPSA) is 54.5 Å². The molecule has 1 aromatic heterocycles. The number of aromatic hydroxyl groups is 1. The van der Waals surface area contributed by atoms with E-state index in [1.54, 1.807) is 13.2 Å². The van der Waals surface area contributed by atoms with Crippen molar-refractivity contribution in [2.75, 3.05) is 14.2 Å². The van der Waals surface area contributed by atoms with Crippen LogP contribution in [0.3, 0.4) is 0 Å². The molecule has 114 valence electrons. The minimum absolute atomic E-state index is 0.0733. The molecule has 4 heteroatoms. The summed E-state index contributed by atoms with van der Waals surface area (Å²) in [6, 6.07) is 11.8. The maximum Gasteiger partial charge on any atom is 0.203 e. The first kappa shape index (κ1) is 14.3. The molecule has 2 N–H and O–H groups in total. The van der Waals surface area contributed by atoms with Crippen molar-refractivity contribution in [1.82, 2.24) is 4.98 Å². The fraction of sp³-hybridized carbons (Fsp3) is 0.222. The zero-order valence-corrected chi connectivity index (χ0v) is 12.9. The van der Waals surface area contributed by atoms with Crippen LogP contribution in [0.5, 0.6) is 17.2 Å². The van der Waals surface area contributed by atoms with Gasteiger partial charge in [0, 0.05) is 22.2 Å². The van der Waals surface area contributed by atoms with Crippen LogP contribution < -0.4 is 9.47 Å². The number of benzene rings is 2. The highest BCUT2D eigenvalue weighted by Gasteiger charge is 2.17. The van der Waals surface area contributed by atoms with E-state index in [-0.39, 0.29) is 5.75 Å². The van der Waals surface area contributed by atoms with Gasteiger partial charge in [-0.3, -0.25) is 0 Å². The lowest BCUT2D eigenvalue weighted by Crippen LogP contribution is -1.93. The maximum absolute atomic E-state index is 10.2. The molecule has 1 heterocycles. The van der Waals surface area contributed by atoms with Crippen LogP contribution >= 0.6 is 0 Å². The quantitative estimate of drug-likeness (QED) is 0.761. The molecule has 0 saturated heterocycles. The van der Waals surface area contributed by atoms with Crippen molar-refractivity contribution in [1.29, 1.82) is 0 Å². The molecular formula is C18H19NO3. The normalized spacial score (nSPS) is 10.9. The van der Waals surface area contributed by atoms with Crippen LogP contribution in [0.2, 0.25) is 0 Å². The van der Waals surface area contributed by atoms with Gasteiger partial charge < -0.3 is 19.6 Å². The first-order chi connectivity index (χ1) is 10.7. The third-order valence-electron chi connectivity index (χ3n) is 3.89. The first-order valence-electron chi connectivity index (χ1n) is 7.24. The number of hydrogen-bond donors (Lipinski definition) is 2. The minimum atomic E-state index is 0.0733. The number of rotatable bonds is 4. The van der Waals surface area contributed by atoms with E-state index in [2.05, 4.69) is 24.0 Å². The van der Waals surface area contributed by atoms with E-state index in [0.717, 1.165) is 34.1 Å². The number of para-hydroxylation sites is 1. The molecule has 0 saturated carbocycles. The fourth-order valence-corrected chi connectivity index (χ4v) is 2.88. The van der Waals surface area contributed by atoms with Crippen LogP contribution in [0.4, 0.5) is 0 Å². The summed E-state index contributed by atoms with van der Waals surface area (Å²) in [6.07, 6.45) is 0.874. The van der Waals surface area contributed by atoms with E-state index in [1.807, 2.05) is 18.2 Å². The number of phenols is 1. The first-order valence-corrected chi connectivity index (χ1v) is 7.24. The summed E-state index contributed by atoms with van der Waals surface area (Å²) in [7, 11) is 3.08. The molecule has 2 aromatic carbocycles. The highest BCUT2D eigenvalue weighted by atomic mass is 16.5. The van der Waals surface area contributed by atoms with Crippen LogP contribution in [-0.4, -0.2) is 24.3 Å². The van der Waals surface area contributed by atoms with E-state index >= 15 is 0 Å². The van der Waals surface area contributed by atoms with Gasteiger partial charge in [0.2, 0.25) is 5.75 Å². The number of aromatic nitrogens is 1. The van der Waals surface area contributed by atoms with Crippen LogP contribution in [0.25, 0.3) is 22.0 Å². The molecule has 0 unspecified atom stereocenters. The van der Waals surface area contributed by atoms with Gasteiger partial charge in [0.15, 0.2) is 11.5 Å². The summed E-state index contributed by atoms with van der Waals surface area (Å²) < 4.78 is 10.5. The highest BCUT2D eigenvalue weighted by Crippen LogP contribution is 2.43. The van der Waals surface area contributed by atoms with E-state index < -0.39 is 0 Å². The Morgan fingerprint density at radius 2 is 1.86 bits per heavy atom. The predicted octanol–water partition coefficient (Wildman–Crippen LogP) is 4.12. The minimum Gasteiger partial charge on any atom is -0.504 e. The molecule has 0 radical (unpaired) electrons. The molecular weight excluding hydrogens is 278 g/mol. The monoisotopic (exact) mass is 297 g/mol. The number of H-pyrrole nitrogens is 1. The van der Waals surface area contributed by atoms with Crippen LogP contribution in [0.1, 0.15) is 12.6 Å². The van der Waals surface area contributed by atoms with Gasteiger partial charge in [-0.15, -0.1) is 0 Å². The number of methoxy groups -OCH3 is 2. The van der Waals surface area contributed by atoms with Gasteiger partial charge in [-0.25, -0.2) is 0 Å². The maximum atomic E-state index is 10.2. The Hall–Kier alpha value is -2.62. The molecule has 0 aliphatic rings. The van der Waals surface area contributed by atoms with Gasteiger partial charge in [-0.05, 0) is 30.2 Å². The van der Waals surface area contributed by atoms with Crippen molar-refractivity contribution in [2.45, 2.75) is 13.3 Å². The molecule has 4 nitrogen and oxygen atoms in total. The van der Waals surface area contributed by atoms with Gasteiger partial charge in [-0.2, -0.15) is 0 Å². The third kappa shape index (κ3) is 2.17. The lowest BCUT2D eigenvalue weighted by Gasteiger charge is -2.12. The SMILES string of the molecule is CCc1[nH]c2ccccc2c1-c1cc(O)c(OC)c(OC)c1. The largest absolute Gasteiger partial charge is 0.504 e. The third-order valence-corrected chi connectivity index (χ3v) is 3.89. The molecule has 0 atom stereocenters. The standard InChI is InChI=1S/C18H19NO3/c1-4-13-17(12-7-5-6-8-14(12)19-13)11-9-15(20)18(22-3)16(10-11)21-2/h5-10,19-20H,4H2,1-3H3. The number of nitrogens with one attached hydrogen (secondary N) is 1. The molecule has 0 spiro atoms. The number of phenolic OH excluding ortho intramolecular Hbond substituents is 1. The zero-order chi connectivity index (χ0) is 15.7. The Morgan fingerprint density at radius 1 is 1.09 bits per heavy atom. The second-order valence-electron chi connectivity index (χ2n) is 5.11. The molecule has 3 aromatic rings. The lowest BCUT2D eigenvalue weighted by atomic mass is 10.00. The fourth-order valence-electron chi connectivity index (χ4n) is 2.88. The summed E-state index contributed by atoms with van der Waals surface area (Å²) in [6.45, 7) is 2.11. The van der Waals surface area contributed by atoms with Gasteiger partial charge in [0.25, 0.3) is 0 Å². The molecule has 3 rings (SSSR count). The Labute approximate surface area is 129 Å². The summed E-state index contributed by atoms with van der Waals surface area (Å²) in [5, 5.41) is 11.4. The molecule has 0 aliphatic heterocycles. The number of aromatic amines is 1. The van der Waals surface area contributed by atoms with Crippen molar-refractivity contribution in [3.63, 3.8) is 0 Å². The predicted molar refractivity (Wildman–Crippen MR) is 87.9 cm³/mol. The molecule has 0 aliphatic carbocycles. The number of aryl methyl sites for hydroxylation is 1. The van der Waals surface area contributed by atoms with Crippen LogP contribution in [0, 0.1) is 0 Å². The Bertz CT molecular complexity index is 821. The summed E-state index contributed by atoms with van der Waals surface area (Å²) in [5.41, 5.74) is 4.22. The number of hydrogen-bond acceptors (Lipinski definition) is 3. The molecule has 0 amide bonds. The van der Waals surface area contributed by atoms with Gasteiger partial charge in [-0.1, -0.05) is 25.1 Å².